The maximum Gasteiger partial charge on any atom is 0.0327 e. The molecule has 0 aliphatic rings. The Morgan fingerprint density at radius 3 is 2.77 bits per heavy atom. The largest absolute Gasteiger partial charge is 0.327 e. The monoisotopic (exact) mass is 262 g/mol. The van der Waals surface area contributed by atoms with Crippen molar-refractivity contribution in [2.75, 3.05) is 0 Å². The summed E-state index contributed by atoms with van der Waals surface area (Å²) in [5, 5.41) is 5.46. The van der Waals surface area contributed by atoms with Gasteiger partial charge in [0.15, 0.2) is 0 Å². The molecule has 3 N–H and O–H groups in total. The van der Waals surface area contributed by atoms with Crippen LogP contribution in [0.15, 0.2) is 15.9 Å². The van der Waals surface area contributed by atoms with Crippen molar-refractivity contribution in [1.82, 2.24) is 5.32 Å². The van der Waals surface area contributed by atoms with Crippen LogP contribution in [0.3, 0.4) is 0 Å². The third-order valence-corrected chi connectivity index (χ3v) is 3.99. The fourth-order valence-corrected chi connectivity index (χ4v) is 2.33. The highest BCUT2D eigenvalue weighted by molar-refractivity contribution is 9.10. The summed E-state index contributed by atoms with van der Waals surface area (Å²) in [5.41, 5.74) is 5.74. The van der Waals surface area contributed by atoms with Crippen molar-refractivity contribution in [3.8, 4) is 0 Å². The first-order valence-corrected chi connectivity index (χ1v) is 5.99. The van der Waals surface area contributed by atoms with E-state index in [1.165, 1.54) is 9.35 Å². The molecule has 0 saturated heterocycles. The van der Waals surface area contributed by atoms with Gasteiger partial charge in [0.05, 0.1) is 0 Å². The second kappa shape index (κ2) is 5.10. The van der Waals surface area contributed by atoms with E-state index in [0.29, 0.717) is 6.04 Å². The zero-order chi connectivity index (χ0) is 9.84. The summed E-state index contributed by atoms with van der Waals surface area (Å²) in [5.74, 6) is 0. The summed E-state index contributed by atoms with van der Waals surface area (Å²) < 4.78 is 1.18. The molecule has 0 aliphatic carbocycles. The van der Waals surface area contributed by atoms with Crippen molar-refractivity contribution in [3.63, 3.8) is 0 Å². The van der Waals surface area contributed by atoms with E-state index in [-0.39, 0.29) is 6.04 Å². The number of rotatable bonds is 4. The number of hydrogen-bond donors (Lipinski definition) is 2. The van der Waals surface area contributed by atoms with E-state index in [9.17, 15) is 0 Å². The first kappa shape index (κ1) is 11.2. The van der Waals surface area contributed by atoms with Crippen LogP contribution >= 0.6 is 27.3 Å². The molecule has 2 unspecified atom stereocenters. The Balaban J connectivity index is 2.39. The van der Waals surface area contributed by atoms with Gasteiger partial charge in [-0.25, -0.2) is 0 Å². The lowest BCUT2D eigenvalue weighted by Crippen LogP contribution is -2.40. The Bertz CT molecular complexity index is 260. The summed E-state index contributed by atoms with van der Waals surface area (Å²) >= 11 is 5.25. The third-order valence-electron chi connectivity index (χ3n) is 2.06. The minimum atomic E-state index is 0.193. The van der Waals surface area contributed by atoms with Gasteiger partial charge < -0.3 is 11.1 Å². The van der Waals surface area contributed by atoms with E-state index in [4.69, 9.17) is 5.73 Å². The van der Waals surface area contributed by atoms with E-state index >= 15 is 0 Å². The molecular formula is C9H15BrN2S. The molecular weight excluding hydrogens is 248 g/mol. The average molecular weight is 263 g/mol. The molecule has 0 saturated carbocycles. The van der Waals surface area contributed by atoms with Gasteiger partial charge in [-0.2, -0.15) is 0 Å². The van der Waals surface area contributed by atoms with E-state index in [1.807, 2.05) is 6.92 Å². The van der Waals surface area contributed by atoms with E-state index in [2.05, 4.69) is 39.6 Å². The number of nitrogens with one attached hydrogen (secondary N) is 1. The van der Waals surface area contributed by atoms with Crippen LogP contribution < -0.4 is 11.1 Å². The van der Waals surface area contributed by atoms with Crippen molar-refractivity contribution < 1.29 is 0 Å². The highest BCUT2D eigenvalue weighted by Crippen LogP contribution is 2.22. The number of nitrogens with two attached hydrogens (primary N) is 1. The highest BCUT2D eigenvalue weighted by Gasteiger charge is 2.07. The Kier molecular flexibility index (Phi) is 4.38. The van der Waals surface area contributed by atoms with Crippen LogP contribution in [0, 0.1) is 0 Å². The maximum atomic E-state index is 5.74. The van der Waals surface area contributed by atoms with Crippen molar-refractivity contribution >= 4 is 27.3 Å². The molecule has 0 aromatic carbocycles. The maximum absolute atomic E-state index is 5.74. The standard InChI is InChI=1S/C9H15BrN2S/c1-6(11)7(2)12-5-9-8(10)3-4-13-9/h3-4,6-7,12H,5,11H2,1-2H3. The van der Waals surface area contributed by atoms with Crippen molar-refractivity contribution in [3.05, 3.63) is 20.8 Å². The summed E-state index contributed by atoms with van der Waals surface area (Å²) in [6, 6.07) is 2.62. The van der Waals surface area contributed by atoms with Crippen molar-refractivity contribution in [2.24, 2.45) is 5.73 Å². The van der Waals surface area contributed by atoms with Gasteiger partial charge in [-0.05, 0) is 41.2 Å². The summed E-state index contributed by atoms with van der Waals surface area (Å²) in [4.78, 5) is 1.33. The molecule has 1 rings (SSSR count). The molecule has 13 heavy (non-hydrogen) atoms. The molecule has 0 bridgehead atoms. The van der Waals surface area contributed by atoms with Crippen LogP contribution in [0.2, 0.25) is 0 Å². The Hall–Kier alpha value is 0.100. The summed E-state index contributed by atoms with van der Waals surface area (Å²) in [6.45, 7) is 5.01. The minimum absolute atomic E-state index is 0.193. The van der Waals surface area contributed by atoms with Gasteiger partial charge in [-0.15, -0.1) is 11.3 Å². The van der Waals surface area contributed by atoms with Gasteiger partial charge in [0.2, 0.25) is 0 Å². The minimum Gasteiger partial charge on any atom is -0.327 e. The van der Waals surface area contributed by atoms with Crippen LogP contribution in [0.25, 0.3) is 0 Å². The fourth-order valence-electron chi connectivity index (χ4n) is 0.891. The zero-order valence-electron chi connectivity index (χ0n) is 7.88. The van der Waals surface area contributed by atoms with Crippen LogP contribution in [0.5, 0.6) is 0 Å². The molecule has 74 valence electrons. The average Bonchev–Trinajstić information content (AvgIpc) is 2.47. The molecule has 0 spiro atoms. The normalized spacial score (nSPS) is 15.7. The topological polar surface area (TPSA) is 38.0 Å². The molecule has 4 heteroatoms. The van der Waals surface area contributed by atoms with Crippen LogP contribution in [-0.4, -0.2) is 12.1 Å². The quantitative estimate of drug-likeness (QED) is 0.875. The Morgan fingerprint density at radius 1 is 1.62 bits per heavy atom. The molecule has 1 aromatic heterocycles. The highest BCUT2D eigenvalue weighted by atomic mass is 79.9. The first-order chi connectivity index (χ1) is 6.11. The lowest BCUT2D eigenvalue weighted by atomic mass is 10.2. The van der Waals surface area contributed by atoms with Gasteiger partial charge in [-0.1, -0.05) is 0 Å². The molecule has 1 heterocycles. The lowest BCUT2D eigenvalue weighted by molar-refractivity contribution is 0.479. The van der Waals surface area contributed by atoms with E-state index in [1.54, 1.807) is 11.3 Å². The number of hydrogen-bond acceptors (Lipinski definition) is 3. The van der Waals surface area contributed by atoms with Gasteiger partial charge in [0.25, 0.3) is 0 Å². The van der Waals surface area contributed by atoms with E-state index in [0.717, 1.165) is 6.54 Å². The predicted octanol–water partition coefficient (Wildman–Crippen LogP) is 2.34. The van der Waals surface area contributed by atoms with Crippen LogP contribution in [-0.2, 0) is 6.54 Å². The SMILES string of the molecule is CC(N)C(C)NCc1sccc1Br. The van der Waals surface area contributed by atoms with Gasteiger partial charge in [0.1, 0.15) is 0 Å². The first-order valence-electron chi connectivity index (χ1n) is 4.32. The Labute approximate surface area is 91.7 Å². The van der Waals surface area contributed by atoms with Gasteiger partial charge in [-0.3, -0.25) is 0 Å². The molecule has 2 atom stereocenters. The zero-order valence-corrected chi connectivity index (χ0v) is 10.3. The second-order valence-corrected chi connectivity index (χ2v) is 5.08. The number of halogens is 1. The Morgan fingerprint density at radius 2 is 2.31 bits per heavy atom. The molecule has 0 amide bonds. The fraction of sp³-hybridized carbons (Fsp3) is 0.556. The molecule has 0 fully saturated rings. The van der Waals surface area contributed by atoms with Gasteiger partial charge in [0, 0.05) is 28.0 Å². The molecule has 0 aliphatic heterocycles. The van der Waals surface area contributed by atoms with E-state index < -0.39 is 0 Å². The van der Waals surface area contributed by atoms with Crippen molar-refractivity contribution in [1.29, 1.82) is 0 Å². The lowest BCUT2D eigenvalue weighted by Gasteiger charge is -2.16. The summed E-state index contributed by atoms with van der Waals surface area (Å²) in [6.07, 6.45) is 0. The summed E-state index contributed by atoms with van der Waals surface area (Å²) in [7, 11) is 0. The van der Waals surface area contributed by atoms with Gasteiger partial charge >= 0.3 is 0 Å². The third kappa shape index (κ3) is 3.38. The smallest absolute Gasteiger partial charge is 0.0327 e. The van der Waals surface area contributed by atoms with Crippen LogP contribution in [0.1, 0.15) is 18.7 Å². The molecule has 0 radical (unpaired) electrons. The molecule has 2 nitrogen and oxygen atoms in total. The second-order valence-electron chi connectivity index (χ2n) is 3.22. The molecule has 1 aromatic rings. The van der Waals surface area contributed by atoms with Crippen LogP contribution in [0.4, 0.5) is 0 Å². The predicted molar refractivity (Wildman–Crippen MR) is 62.0 cm³/mol. The number of thiophene rings is 1. The van der Waals surface area contributed by atoms with Crippen molar-refractivity contribution in [2.45, 2.75) is 32.5 Å².